The van der Waals surface area contributed by atoms with Gasteiger partial charge in [0.15, 0.2) is 0 Å². The van der Waals surface area contributed by atoms with Gasteiger partial charge >= 0.3 is 0 Å². The molecular formula is C22H40. The molecule has 3 rings (SSSR count). The van der Waals surface area contributed by atoms with E-state index in [0.717, 1.165) is 47.3 Å². The summed E-state index contributed by atoms with van der Waals surface area (Å²) in [5, 5.41) is 0. The Morgan fingerprint density at radius 1 is 0.409 bits per heavy atom. The predicted molar refractivity (Wildman–Crippen MR) is 96.8 cm³/mol. The van der Waals surface area contributed by atoms with Gasteiger partial charge in [-0.1, -0.05) is 53.4 Å². The molecule has 0 radical (unpaired) electrons. The summed E-state index contributed by atoms with van der Waals surface area (Å²) >= 11 is 0. The maximum atomic E-state index is 2.62. The Morgan fingerprint density at radius 2 is 0.727 bits per heavy atom. The van der Waals surface area contributed by atoms with Crippen LogP contribution in [0.4, 0.5) is 0 Å². The number of rotatable bonds is 2. The average molecular weight is 305 g/mol. The van der Waals surface area contributed by atoms with E-state index in [9.17, 15) is 0 Å². The standard InChI is InChI=1S/C22H40/c1-15-5-9-19(10-6-15)21-13-14-22(18(4)17(21)3)20-11-7-16(2)8-12-20/h15-22H,5-14H2,1-4H3. The highest BCUT2D eigenvalue weighted by molar-refractivity contribution is 4.91. The Morgan fingerprint density at radius 3 is 1.05 bits per heavy atom. The SMILES string of the molecule is CC1CCC(C2CCC(C3CCC(C)CC3)C(C)C2C)CC1. The zero-order valence-electron chi connectivity index (χ0n) is 15.7. The predicted octanol–water partition coefficient (Wildman–Crippen LogP) is 6.94. The lowest BCUT2D eigenvalue weighted by Gasteiger charge is -2.48. The lowest BCUT2D eigenvalue weighted by molar-refractivity contribution is 0.0174. The molecule has 22 heavy (non-hydrogen) atoms. The van der Waals surface area contributed by atoms with Crippen LogP contribution in [0.5, 0.6) is 0 Å². The first-order valence-electron chi connectivity index (χ1n) is 10.6. The third-order valence-corrected chi connectivity index (χ3v) is 8.35. The van der Waals surface area contributed by atoms with E-state index in [-0.39, 0.29) is 0 Å². The van der Waals surface area contributed by atoms with Gasteiger partial charge in [0.1, 0.15) is 0 Å². The van der Waals surface area contributed by atoms with Gasteiger partial charge in [-0.15, -0.1) is 0 Å². The van der Waals surface area contributed by atoms with Crippen LogP contribution in [0.2, 0.25) is 0 Å². The lowest BCUT2D eigenvalue weighted by atomic mass is 9.57. The Balaban J connectivity index is 1.57. The fourth-order valence-electron chi connectivity index (χ4n) is 6.45. The molecule has 0 nitrogen and oxygen atoms in total. The molecule has 0 aromatic heterocycles. The Bertz CT molecular complexity index is 296. The van der Waals surface area contributed by atoms with Crippen molar-refractivity contribution in [1.29, 1.82) is 0 Å². The van der Waals surface area contributed by atoms with Crippen LogP contribution in [0.15, 0.2) is 0 Å². The molecule has 0 aromatic rings. The Kier molecular flexibility index (Phi) is 5.56. The molecule has 0 aromatic carbocycles. The van der Waals surface area contributed by atoms with Crippen molar-refractivity contribution in [2.45, 2.75) is 91.9 Å². The van der Waals surface area contributed by atoms with Gasteiger partial charge in [0.25, 0.3) is 0 Å². The molecule has 0 aliphatic heterocycles. The van der Waals surface area contributed by atoms with Crippen LogP contribution in [-0.2, 0) is 0 Å². The van der Waals surface area contributed by atoms with E-state index in [2.05, 4.69) is 27.7 Å². The molecule has 0 heterocycles. The quantitative estimate of drug-likeness (QED) is 0.518. The van der Waals surface area contributed by atoms with E-state index < -0.39 is 0 Å². The van der Waals surface area contributed by atoms with Gasteiger partial charge in [-0.25, -0.2) is 0 Å². The molecule has 0 heteroatoms. The fourth-order valence-corrected chi connectivity index (χ4v) is 6.45. The summed E-state index contributed by atoms with van der Waals surface area (Å²) in [6.45, 7) is 10.2. The van der Waals surface area contributed by atoms with Gasteiger partial charge in [-0.05, 0) is 85.9 Å². The van der Waals surface area contributed by atoms with Crippen molar-refractivity contribution in [2.75, 3.05) is 0 Å². The van der Waals surface area contributed by atoms with Crippen molar-refractivity contribution in [3.05, 3.63) is 0 Å². The molecule has 0 amide bonds. The molecule has 4 atom stereocenters. The van der Waals surface area contributed by atoms with Gasteiger partial charge in [-0.3, -0.25) is 0 Å². The summed E-state index contributed by atoms with van der Waals surface area (Å²) in [5.41, 5.74) is 0. The molecule has 0 bridgehead atoms. The zero-order valence-corrected chi connectivity index (χ0v) is 15.7. The summed E-state index contributed by atoms with van der Waals surface area (Å²) in [4.78, 5) is 0. The van der Waals surface area contributed by atoms with Crippen molar-refractivity contribution in [1.82, 2.24) is 0 Å². The van der Waals surface area contributed by atoms with Crippen molar-refractivity contribution < 1.29 is 0 Å². The highest BCUT2D eigenvalue weighted by Gasteiger charge is 2.41. The second-order valence-electron chi connectivity index (χ2n) is 9.66. The van der Waals surface area contributed by atoms with E-state index in [1.54, 1.807) is 12.8 Å². The van der Waals surface area contributed by atoms with Gasteiger partial charge < -0.3 is 0 Å². The lowest BCUT2D eigenvalue weighted by Crippen LogP contribution is -2.39. The molecule has 3 aliphatic carbocycles. The molecule has 3 fully saturated rings. The monoisotopic (exact) mass is 304 g/mol. The highest BCUT2D eigenvalue weighted by Crippen LogP contribution is 2.50. The minimum atomic E-state index is 0.983. The van der Waals surface area contributed by atoms with Crippen molar-refractivity contribution in [3.63, 3.8) is 0 Å². The molecule has 0 N–H and O–H groups in total. The first kappa shape index (κ1) is 16.8. The molecule has 128 valence electrons. The van der Waals surface area contributed by atoms with E-state index in [4.69, 9.17) is 0 Å². The van der Waals surface area contributed by atoms with Crippen LogP contribution < -0.4 is 0 Å². The maximum absolute atomic E-state index is 2.62. The number of hydrogen-bond donors (Lipinski definition) is 0. The molecule has 3 aliphatic rings. The average Bonchev–Trinajstić information content (AvgIpc) is 2.52. The topological polar surface area (TPSA) is 0 Å². The summed E-state index contributed by atoms with van der Waals surface area (Å²) in [5.74, 6) is 8.23. The van der Waals surface area contributed by atoms with Crippen LogP contribution in [-0.4, -0.2) is 0 Å². The maximum Gasteiger partial charge on any atom is -0.0357 e. The summed E-state index contributed by atoms with van der Waals surface area (Å²) in [7, 11) is 0. The van der Waals surface area contributed by atoms with Crippen molar-refractivity contribution in [2.24, 2.45) is 47.3 Å². The highest BCUT2D eigenvalue weighted by atomic mass is 14.5. The van der Waals surface area contributed by atoms with Crippen molar-refractivity contribution in [3.8, 4) is 0 Å². The largest absolute Gasteiger partial charge is 0.0625 e. The molecule has 0 saturated heterocycles. The van der Waals surface area contributed by atoms with Gasteiger partial charge in [0.05, 0.1) is 0 Å². The first-order valence-corrected chi connectivity index (χ1v) is 10.6. The Hall–Kier alpha value is 0. The molecule has 3 saturated carbocycles. The number of hydrogen-bond acceptors (Lipinski definition) is 0. The van der Waals surface area contributed by atoms with Gasteiger partial charge in [0, 0.05) is 0 Å². The van der Waals surface area contributed by atoms with E-state index >= 15 is 0 Å². The van der Waals surface area contributed by atoms with Gasteiger partial charge in [-0.2, -0.15) is 0 Å². The molecule has 4 unspecified atom stereocenters. The smallest absolute Gasteiger partial charge is 0.0357 e. The second-order valence-corrected chi connectivity index (χ2v) is 9.66. The minimum Gasteiger partial charge on any atom is -0.0625 e. The fraction of sp³-hybridized carbons (Fsp3) is 1.00. The summed E-state index contributed by atoms with van der Waals surface area (Å²) in [6.07, 6.45) is 15.3. The van der Waals surface area contributed by atoms with Crippen LogP contribution in [0.3, 0.4) is 0 Å². The van der Waals surface area contributed by atoms with Crippen LogP contribution in [0.25, 0.3) is 0 Å². The zero-order chi connectivity index (χ0) is 15.7. The first-order chi connectivity index (χ1) is 10.6. The Labute approximate surface area is 139 Å². The summed E-state index contributed by atoms with van der Waals surface area (Å²) < 4.78 is 0. The third kappa shape index (κ3) is 3.57. The minimum absolute atomic E-state index is 0.983. The molecular weight excluding hydrogens is 264 g/mol. The normalized spacial score (nSPS) is 50.7. The van der Waals surface area contributed by atoms with E-state index in [0.29, 0.717) is 0 Å². The summed E-state index contributed by atoms with van der Waals surface area (Å²) in [6, 6.07) is 0. The van der Waals surface area contributed by atoms with Crippen LogP contribution in [0.1, 0.15) is 91.9 Å². The van der Waals surface area contributed by atoms with E-state index in [1.807, 2.05) is 0 Å². The van der Waals surface area contributed by atoms with Crippen LogP contribution >= 0.6 is 0 Å². The third-order valence-electron chi connectivity index (χ3n) is 8.35. The van der Waals surface area contributed by atoms with Crippen LogP contribution in [0, 0.1) is 47.3 Å². The second kappa shape index (κ2) is 7.27. The molecule has 0 spiro atoms. The van der Waals surface area contributed by atoms with E-state index in [1.165, 1.54) is 51.4 Å². The van der Waals surface area contributed by atoms with Gasteiger partial charge in [0.2, 0.25) is 0 Å². The van der Waals surface area contributed by atoms with Crippen molar-refractivity contribution >= 4 is 0 Å².